The summed E-state index contributed by atoms with van der Waals surface area (Å²) in [7, 11) is 0. The molecule has 0 aliphatic heterocycles. The maximum atomic E-state index is 9.69. The van der Waals surface area contributed by atoms with Gasteiger partial charge in [-0.1, -0.05) is 18.2 Å². The van der Waals surface area contributed by atoms with Gasteiger partial charge >= 0.3 is 0 Å². The Labute approximate surface area is 89.0 Å². The molecular weight excluding hydrogens is 194 g/mol. The molecule has 0 radical (unpaired) electrons. The number of aliphatic hydroxyl groups excluding tert-OH is 3. The van der Waals surface area contributed by atoms with Gasteiger partial charge in [0.05, 0.1) is 12.7 Å². The van der Waals surface area contributed by atoms with Gasteiger partial charge in [0.2, 0.25) is 0 Å². The van der Waals surface area contributed by atoms with E-state index in [4.69, 9.17) is 10.8 Å². The molecule has 4 heteroatoms. The van der Waals surface area contributed by atoms with Crippen molar-refractivity contribution in [2.75, 3.05) is 6.54 Å². The molecule has 0 heterocycles. The number of hydrogen-bond acceptors (Lipinski definition) is 4. The maximum Gasteiger partial charge on any atom is 0.106 e. The molecule has 0 aliphatic carbocycles. The third kappa shape index (κ3) is 2.76. The van der Waals surface area contributed by atoms with E-state index in [0.29, 0.717) is 5.56 Å². The predicted octanol–water partition coefficient (Wildman–Crippen LogP) is -0.160. The van der Waals surface area contributed by atoms with E-state index in [1.807, 2.05) is 6.92 Å². The minimum atomic E-state index is -0.999. The fraction of sp³-hybridized carbons (Fsp3) is 0.455. The van der Waals surface area contributed by atoms with Crippen LogP contribution in [0.2, 0.25) is 0 Å². The summed E-state index contributed by atoms with van der Waals surface area (Å²) in [5.41, 5.74) is 7.52. The summed E-state index contributed by atoms with van der Waals surface area (Å²) in [5, 5.41) is 28.1. The number of nitrogens with two attached hydrogens (primary N) is 1. The zero-order valence-corrected chi connectivity index (χ0v) is 8.72. The minimum Gasteiger partial charge on any atom is -0.392 e. The first-order valence-corrected chi connectivity index (χ1v) is 4.86. The number of rotatable bonds is 4. The lowest BCUT2D eigenvalue weighted by Crippen LogP contribution is -2.27. The molecule has 0 aromatic heterocycles. The smallest absolute Gasteiger partial charge is 0.106 e. The number of aryl methyl sites for hydroxylation is 1. The summed E-state index contributed by atoms with van der Waals surface area (Å²) >= 11 is 0. The molecule has 1 aromatic rings. The molecular formula is C11H17NO3. The van der Waals surface area contributed by atoms with Crippen molar-refractivity contribution in [3.8, 4) is 0 Å². The van der Waals surface area contributed by atoms with E-state index >= 15 is 0 Å². The predicted molar refractivity (Wildman–Crippen MR) is 57.1 cm³/mol. The van der Waals surface area contributed by atoms with Gasteiger partial charge < -0.3 is 21.1 Å². The monoisotopic (exact) mass is 211 g/mol. The average Bonchev–Trinajstić information content (AvgIpc) is 2.27. The van der Waals surface area contributed by atoms with E-state index < -0.39 is 12.2 Å². The molecule has 4 nitrogen and oxygen atoms in total. The van der Waals surface area contributed by atoms with E-state index in [-0.39, 0.29) is 13.2 Å². The summed E-state index contributed by atoms with van der Waals surface area (Å²) in [6, 6.07) is 5.20. The molecule has 0 saturated carbocycles. The summed E-state index contributed by atoms with van der Waals surface area (Å²) < 4.78 is 0. The van der Waals surface area contributed by atoms with Crippen LogP contribution in [0.25, 0.3) is 0 Å². The Morgan fingerprint density at radius 1 is 1.33 bits per heavy atom. The molecule has 0 fully saturated rings. The summed E-state index contributed by atoms with van der Waals surface area (Å²) in [5.74, 6) is 0. The van der Waals surface area contributed by atoms with Crippen molar-refractivity contribution in [3.05, 3.63) is 34.9 Å². The molecule has 0 aliphatic rings. The van der Waals surface area contributed by atoms with Crippen molar-refractivity contribution in [2.24, 2.45) is 5.73 Å². The van der Waals surface area contributed by atoms with Gasteiger partial charge in [-0.15, -0.1) is 0 Å². The van der Waals surface area contributed by atoms with Gasteiger partial charge in [-0.05, 0) is 23.6 Å². The molecule has 1 rings (SSSR count). The third-order valence-corrected chi connectivity index (χ3v) is 2.49. The van der Waals surface area contributed by atoms with Crippen LogP contribution >= 0.6 is 0 Å². The SMILES string of the molecule is Cc1ccc(C(O)C(O)CN)cc1CO. The average molecular weight is 211 g/mol. The zero-order valence-electron chi connectivity index (χ0n) is 8.72. The maximum absolute atomic E-state index is 9.69. The molecule has 2 atom stereocenters. The van der Waals surface area contributed by atoms with Gasteiger partial charge in [-0.25, -0.2) is 0 Å². The third-order valence-electron chi connectivity index (χ3n) is 2.49. The lowest BCUT2D eigenvalue weighted by molar-refractivity contribution is 0.0242. The van der Waals surface area contributed by atoms with Gasteiger partial charge in [0.1, 0.15) is 6.10 Å². The molecule has 84 valence electrons. The zero-order chi connectivity index (χ0) is 11.4. The van der Waals surface area contributed by atoms with Gasteiger partial charge in [0, 0.05) is 6.54 Å². The fourth-order valence-electron chi connectivity index (χ4n) is 1.40. The van der Waals surface area contributed by atoms with Crippen molar-refractivity contribution in [3.63, 3.8) is 0 Å². The Kier molecular flexibility index (Phi) is 4.23. The Bertz CT molecular complexity index is 328. The van der Waals surface area contributed by atoms with Crippen LogP contribution in [0.15, 0.2) is 18.2 Å². The highest BCUT2D eigenvalue weighted by Gasteiger charge is 2.17. The van der Waals surface area contributed by atoms with Gasteiger partial charge in [0.25, 0.3) is 0 Å². The standard InChI is InChI=1S/C11H17NO3/c1-7-2-3-8(4-9(7)6-13)11(15)10(14)5-12/h2-4,10-11,13-15H,5-6,12H2,1H3. The molecule has 0 spiro atoms. The van der Waals surface area contributed by atoms with Crippen LogP contribution in [0.4, 0.5) is 0 Å². The topological polar surface area (TPSA) is 86.7 Å². The van der Waals surface area contributed by atoms with E-state index in [9.17, 15) is 10.2 Å². The first kappa shape index (κ1) is 12.1. The Morgan fingerprint density at radius 2 is 2.00 bits per heavy atom. The molecule has 1 aromatic carbocycles. The highest BCUT2D eigenvalue weighted by Crippen LogP contribution is 2.20. The summed E-state index contributed by atoms with van der Waals surface area (Å²) in [6.45, 7) is 1.80. The van der Waals surface area contributed by atoms with Crippen LogP contribution < -0.4 is 5.73 Å². The van der Waals surface area contributed by atoms with Crippen LogP contribution in [0.5, 0.6) is 0 Å². The van der Waals surface area contributed by atoms with Crippen LogP contribution in [0, 0.1) is 6.92 Å². The molecule has 0 saturated heterocycles. The molecule has 2 unspecified atom stereocenters. The first-order chi connectivity index (χ1) is 7.10. The highest BCUT2D eigenvalue weighted by atomic mass is 16.3. The molecule has 5 N–H and O–H groups in total. The second kappa shape index (κ2) is 5.23. The first-order valence-electron chi connectivity index (χ1n) is 4.86. The molecule has 15 heavy (non-hydrogen) atoms. The second-order valence-corrected chi connectivity index (χ2v) is 3.59. The minimum absolute atomic E-state index is 0.00347. The lowest BCUT2D eigenvalue weighted by Gasteiger charge is -2.17. The Balaban J connectivity index is 2.95. The van der Waals surface area contributed by atoms with Gasteiger partial charge in [-0.2, -0.15) is 0 Å². The van der Waals surface area contributed by atoms with Crippen LogP contribution in [0.1, 0.15) is 22.8 Å². The second-order valence-electron chi connectivity index (χ2n) is 3.59. The quantitative estimate of drug-likeness (QED) is 0.557. The van der Waals surface area contributed by atoms with Crippen LogP contribution in [-0.4, -0.2) is 28.0 Å². The normalized spacial score (nSPS) is 15.0. The summed E-state index contributed by atoms with van der Waals surface area (Å²) in [4.78, 5) is 0. The van der Waals surface area contributed by atoms with Gasteiger partial charge in [-0.3, -0.25) is 0 Å². The van der Waals surface area contributed by atoms with Crippen molar-refractivity contribution in [2.45, 2.75) is 25.7 Å². The molecule has 0 bridgehead atoms. The van der Waals surface area contributed by atoms with E-state index in [1.165, 1.54) is 0 Å². The van der Waals surface area contributed by atoms with E-state index in [0.717, 1.165) is 11.1 Å². The largest absolute Gasteiger partial charge is 0.392 e. The van der Waals surface area contributed by atoms with E-state index in [2.05, 4.69) is 0 Å². The fourth-order valence-corrected chi connectivity index (χ4v) is 1.40. The van der Waals surface area contributed by atoms with Crippen molar-refractivity contribution in [1.82, 2.24) is 0 Å². The highest BCUT2D eigenvalue weighted by molar-refractivity contribution is 5.32. The van der Waals surface area contributed by atoms with Crippen molar-refractivity contribution >= 4 is 0 Å². The number of hydrogen-bond donors (Lipinski definition) is 4. The van der Waals surface area contributed by atoms with Crippen LogP contribution in [0.3, 0.4) is 0 Å². The Morgan fingerprint density at radius 3 is 2.53 bits per heavy atom. The summed E-state index contributed by atoms with van der Waals surface area (Å²) in [6.07, 6.45) is -1.97. The Hall–Kier alpha value is -0.940. The number of benzene rings is 1. The van der Waals surface area contributed by atoms with Crippen LogP contribution in [-0.2, 0) is 6.61 Å². The lowest BCUT2D eigenvalue weighted by atomic mass is 9.99. The van der Waals surface area contributed by atoms with E-state index in [1.54, 1.807) is 18.2 Å². The van der Waals surface area contributed by atoms with Crippen molar-refractivity contribution in [1.29, 1.82) is 0 Å². The number of aliphatic hydroxyl groups is 3. The molecule has 0 amide bonds. The van der Waals surface area contributed by atoms with Crippen molar-refractivity contribution < 1.29 is 15.3 Å². The van der Waals surface area contributed by atoms with Gasteiger partial charge in [0.15, 0.2) is 0 Å².